The number of rotatable bonds is 6. The van der Waals surface area contributed by atoms with E-state index in [1.54, 1.807) is 0 Å². The van der Waals surface area contributed by atoms with Gasteiger partial charge in [0.15, 0.2) is 0 Å². The topological polar surface area (TPSA) is 3.24 Å². The van der Waals surface area contributed by atoms with E-state index in [0.29, 0.717) is 0 Å². The van der Waals surface area contributed by atoms with Gasteiger partial charge in [0.05, 0.1) is 0 Å². The maximum Gasteiger partial charge on any atom is 0.0160 e. The smallest absolute Gasteiger partial charge is 0.0160 e. The van der Waals surface area contributed by atoms with Gasteiger partial charge in [-0.15, -0.1) is 0 Å². The zero-order chi connectivity index (χ0) is 13.5. The second-order valence-electron chi connectivity index (χ2n) is 6.56. The summed E-state index contributed by atoms with van der Waals surface area (Å²) < 4.78 is 0. The number of hydrogen-bond acceptors (Lipinski definition) is 1. The first-order valence-electron chi connectivity index (χ1n) is 7.48. The standard InChI is InChI=1S/C17H31N/c1-14(2)17-10-6-9-16(13-17)12-15(3)8-7-11-18(4)5/h7-8,14,16-17H,3,6,9-13H2,1-2,4-5H3/b8-7+. The van der Waals surface area contributed by atoms with E-state index in [1.807, 2.05) is 0 Å². The lowest BCUT2D eigenvalue weighted by atomic mass is 9.74. The molecular formula is C17H31N. The van der Waals surface area contributed by atoms with Crippen LogP contribution in [-0.4, -0.2) is 25.5 Å². The summed E-state index contributed by atoms with van der Waals surface area (Å²) in [5.41, 5.74) is 1.31. The van der Waals surface area contributed by atoms with Crippen LogP contribution in [0.1, 0.15) is 46.0 Å². The Balaban J connectivity index is 2.33. The van der Waals surface area contributed by atoms with E-state index in [9.17, 15) is 0 Å². The van der Waals surface area contributed by atoms with Crippen LogP contribution in [0.15, 0.2) is 24.3 Å². The Kier molecular flexibility index (Phi) is 6.70. The first-order valence-corrected chi connectivity index (χ1v) is 7.48. The highest BCUT2D eigenvalue weighted by molar-refractivity contribution is 5.15. The molecule has 1 aliphatic rings. The molecule has 1 rings (SSSR count). The van der Waals surface area contributed by atoms with Crippen molar-refractivity contribution in [2.45, 2.75) is 46.0 Å². The van der Waals surface area contributed by atoms with Gasteiger partial charge >= 0.3 is 0 Å². The highest BCUT2D eigenvalue weighted by Gasteiger charge is 2.23. The second-order valence-corrected chi connectivity index (χ2v) is 6.56. The molecule has 0 bridgehead atoms. The maximum absolute atomic E-state index is 4.21. The number of nitrogens with zero attached hydrogens (tertiary/aromatic N) is 1. The fourth-order valence-electron chi connectivity index (χ4n) is 2.99. The molecule has 0 aromatic rings. The van der Waals surface area contributed by atoms with Gasteiger partial charge in [-0.2, -0.15) is 0 Å². The molecule has 104 valence electrons. The summed E-state index contributed by atoms with van der Waals surface area (Å²) in [7, 11) is 4.20. The fraction of sp³-hybridized carbons (Fsp3) is 0.765. The lowest BCUT2D eigenvalue weighted by Gasteiger charge is -2.31. The zero-order valence-corrected chi connectivity index (χ0v) is 12.8. The normalized spacial score (nSPS) is 25.2. The van der Waals surface area contributed by atoms with Crippen molar-refractivity contribution >= 4 is 0 Å². The van der Waals surface area contributed by atoms with Crippen LogP contribution in [0.4, 0.5) is 0 Å². The van der Waals surface area contributed by atoms with Crippen LogP contribution in [-0.2, 0) is 0 Å². The minimum absolute atomic E-state index is 0.852. The van der Waals surface area contributed by atoms with Crippen molar-refractivity contribution in [1.82, 2.24) is 4.90 Å². The lowest BCUT2D eigenvalue weighted by molar-refractivity contribution is 0.214. The maximum atomic E-state index is 4.21. The van der Waals surface area contributed by atoms with Crippen molar-refractivity contribution in [3.8, 4) is 0 Å². The van der Waals surface area contributed by atoms with Gasteiger partial charge in [-0.1, -0.05) is 57.4 Å². The van der Waals surface area contributed by atoms with Crippen LogP contribution >= 0.6 is 0 Å². The van der Waals surface area contributed by atoms with E-state index in [0.717, 1.165) is 24.3 Å². The van der Waals surface area contributed by atoms with Gasteiger partial charge in [0, 0.05) is 6.54 Å². The molecule has 0 saturated heterocycles. The van der Waals surface area contributed by atoms with E-state index in [1.165, 1.54) is 37.7 Å². The van der Waals surface area contributed by atoms with Gasteiger partial charge in [-0.05, 0) is 44.7 Å². The third-order valence-corrected chi connectivity index (χ3v) is 4.14. The average Bonchev–Trinajstić information content (AvgIpc) is 2.28. The molecule has 1 heteroatoms. The van der Waals surface area contributed by atoms with Crippen molar-refractivity contribution in [2.24, 2.45) is 17.8 Å². The molecule has 1 fully saturated rings. The summed E-state index contributed by atoms with van der Waals surface area (Å²) in [5, 5.41) is 0. The molecule has 0 amide bonds. The molecule has 0 aromatic heterocycles. The van der Waals surface area contributed by atoms with Gasteiger partial charge in [0.1, 0.15) is 0 Å². The number of likely N-dealkylation sites (N-methyl/N-ethyl adjacent to an activating group) is 1. The predicted octanol–water partition coefficient (Wildman–Crippen LogP) is 4.51. The number of allylic oxidation sites excluding steroid dienone is 2. The molecule has 0 radical (unpaired) electrons. The first kappa shape index (κ1) is 15.5. The Bertz CT molecular complexity index is 275. The Morgan fingerprint density at radius 2 is 2.06 bits per heavy atom. The highest BCUT2D eigenvalue weighted by Crippen LogP contribution is 2.36. The largest absolute Gasteiger partial charge is 0.306 e. The number of hydrogen-bond donors (Lipinski definition) is 0. The van der Waals surface area contributed by atoms with Crippen LogP contribution in [0.25, 0.3) is 0 Å². The third kappa shape index (κ3) is 5.86. The summed E-state index contributed by atoms with van der Waals surface area (Å²) in [5.74, 6) is 2.68. The van der Waals surface area contributed by atoms with Crippen LogP contribution in [0.5, 0.6) is 0 Å². The minimum Gasteiger partial charge on any atom is -0.306 e. The Hall–Kier alpha value is -0.560. The van der Waals surface area contributed by atoms with Crippen molar-refractivity contribution in [1.29, 1.82) is 0 Å². The molecule has 0 heterocycles. The van der Waals surface area contributed by atoms with Gasteiger partial charge in [0.2, 0.25) is 0 Å². The van der Waals surface area contributed by atoms with E-state index in [-0.39, 0.29) is 0 Å². The molecule has 0 aromatic carbocycles. The fourth-order valence-corrected chi connectivity index (χ4v) is 2.99. The summed E-state index contributed by atoms with van der Waals surface area (Å²) in [4.78, 5) is 2.18. The van der Waals surface area contributed by atoms with E-state index in [2.05, 4.69) is 51.6 Å². The SMILES string of the molecule is C=C(/C=C/CN(C)C)CC1CCCC(C(C)C)C1. The Morgan fingerprint density at radius 1 is 1.33 bits per heavy atom. The quantitative estimate of drug-likeness (QED) is 0.626. The van der Waals surface area contributed by atoms with Crippen molar-refractivity contribution in [3.05, 3.63) is 24.3 Å². The summed E-state index contributed by atoms with van der Waals surface area (Å²) in [6, 6.07) is 0. The van der Waals surface area contributed by atoms with Gasteiger partial charge in [0.25, 0.3) is 0 Å². The van der Waals surface area contributed by atoms with Crippen molar-refractivity contribution in [3.63, 3.8) is 0 Å². The average molecular weight is 249 g/mol. The molecule has 0 aliphatic heterocycles. The predicted molar refractivity (Wildman–Crippen MR) is 81.7 cm³/mol. The summed E-state index contributed by atoms with van der Waals surface area (Å²) >= 11 is 0. The van der Waals surface area contributed by atoms with Crippen LogP contribution in [0, 0.1) is 17.8 Å². The van der Waals surface area contributed by atoms with E-state index in [4.69, 9.17) is 0 Å². The Labute approximate surface area is 114 Å². The zero-order valence-electron chi connectivity index (χ0n) is 12.8. The van der Waals surface area contributed by atoms with Crippen LogP contribution in [0.3, 0.4) is 0 Å². The lowest BCUT2D eigenvalue weighted by Crippen LogP contribution is -2.20. The van der Waals surface area contributed by atoms with Gasteiger partial charge in [-0.3, -0.25) is 0 Å². The van der Waals surface area contributed by atoms with Crippen molar-refractivity contribution in [2.75, 3.05) is 20.6 Å². The summed E-state index contributed by atoms with van der Waals surface area (Å²) in [6.07, 6.45) is 11.3. The molecule has 1 aliphatic carbocycles. The molecular weight excluding hydrogens is 218 g/mol. The van der Waals surface area contributed by atoms with Crippen LogP contribution in [0.2, 0.25) is 0 Å². The molecule has 1 nitrogen and oxygen atoms in total. The molecule has 0 spiro atoms. The second kappa shape index (κ2) is 7.78. The monoisotopic (exact) mass is 249 g/mol. The highest BCUT2D eigenvalue weighted by atomic mass is 15.0. The molecule has 18 heavy (non-hydrogen) atoms. The van der Waals surface area contributed by atoms with Gasteiger partial charge < -0.3 is 4.90 Å². The molecule has 0 N–H and O–H groups in total. The van der Waals surface area contributed by atoms with Gasteiger partial charge in [-0.25, -0.2) is 0 Å². The van der Waals surface area contributed by atoms with E-state index >= 15 is 0 Å². The molecule has 2 atom stereocenters. The molecule has 2 unspecified atom stereocenters. The first-order chi connectivity index (χ1) is 8.49. The Morgan fingerprint density at radius 3 is 2.67 bits per heavy atom. The van der Waals surface area contributed by atoms with E-state index < -0.39 is 0 Å². The molecule has 1 saturated carbocycles. The summed E-state index contributed by atoms with van der Waals surface area (Å²) in [6.45, 7) is 9.97. The minimum atomic E-state index is 0.852. The third-order valence-electron chi connectivity index (χ3n) is 4.14. The van der Waals surface area contributed by atoms with Crippen LogP contribution < -0.4 is 0 Å². The van der Waals surface area contributed by atoms with Crippen molar-refractivity contribution < 1.29 is 0 Å².